The van der Waals surface area contributed by atoms with Crippen molar-refractivity contribution < 1.29 is 4.42 Å². The minimum Gasteiger partial charge on any atom is -0.454 e. The number of hydrogen-bond acceptors (Lipinski definition) is 5. The lowest BCUT2D eigenvalue weighted by Gasteiger charge is -2.28. The van der Waals surface area contributed by atoms with E-state index in [9.17, 15) is 0 Å². The molecule has 0 atom stereocenters. The van der Waals surface area contributed by atoms with Gasteiger partial charge in [0.25, 0.3) is 0 Å². The number of anilines is 4. The summed E-state index contributed by atoms with van der Waals surface area (Å²) < 4.78 is 6.33. The molecule has 5 nitrogen and oxygen atoms in total. The zero-order valence-electron chi connectivity index (χ0n) is 16.4. The first-order valence-corrected chi connectivity index (χ1v) is 9.80. The van der Waals surface area contributed by atoms with E-state index in [0.717, 1.165) is 56.7 Å². The van der Waals surface area contributed by atoms with Gasteiger partial charge in [-0.25, -0.2) is 9.97 Å². The molecule has 0 unspecified atom stereocenters. The maximum absolute atomic E-state index is 6.33. The van der Waals surface area contributed by atoms with Crippen LogP contribution in [0.25, 0.3) is 21.9 Å². The van der Waals surface area contributed by atoms with Crippen LogP contribution in [0.4, 0.5) is 23.0 Å². The number of benzene rings is 3. The number of nitrogens with zero attached hydrogens (tertiary/aromatic N) is 4. The lowest BCUT2D eigenvalue weighted by atomic mass is 10.1. The van der Waals surface area contributed by atoms with Gasteiger partial charge in [0.1, 0.15) is 5.58 Å². The van der Waals surface area contributed by atoms with Crippen molar-refractivity contribution in [1.29, 1.82) is 0 Å². The Morgan fingerprint density at radius 1 is 0.767 bits per heavy atom. The Balaban J connectivity index is 1.63. The van der Waals surface area contributed by atoms with Crippen LogP contribution in [0.15, 0.2) is 83.5 Å². The molecule has 0 spiro atoms. The van der Waals surface area contributed by atoms with Gasteiger partial charge < -0.3 is 4.42 Å². The SMILES string of the molecule is [CH2][C]1N(c2ccccc2)c2nccnc2N1c1c(C)ccc2c1oc1ccccc12. The molecule has 0 N–H and O–H groups in total. The molecule has 0 fully saturated rings. The molecule has 144 valence electrons. The first kappa shape index (κ1) is 17.0. The molecule has 1 aliphatic heterocycles. The minimum atomic E-state index is 0.738. The summed E-state index contributed by atoms with van der Waals surface area (Å²) in [5, 5.41) is 2.17. The molecule has 0 amide bonds. The molecular weight excluding hydrogens is 372 g/mol. The van der Waals surface area contributed by atoms with Crippen LogP contribution in [0, 0.1) is 20.0 Å². The Morgan fingerprint density at radius 2 is 1.47 bits per heavy atom. The number of fused-ring (bicyclic) bond motifs is 4. The predicted molar refractivity (Wildman–Crippen MR) is 120 cm³/mol. The van der Waals surface area contributed by atoms with E-state index in [1.165, 1.54) is 0 Å². The summed E-state index contributed by atoms with van der Waals surface area (Å²) in [6.07, 6.45) is 4.18. The largest absolute Gasteiger partial charge is 0.454 e. The third-order valence-electron chi connectivity index (χ3n) is 5.56. The van der Waals surface area contributed by atoms with Gasteiger partial charge in [-0.05, 0) is 37.6 Å². The summed E-state index contributed by atoms with van der Waals surface area (Å²) in [5.41, 5.74) is 4.69. The highest BCUT2D eigenvalue weighted by molar-refractivity contribution is 6.11. The number of hydrogen-bond donors (Lipinski definition) is 0. The zero-order chi connectivity index (χ0) is 20.2. The summed E-state index contributed by atoms with van der Waals surface area (Å²) in [5.74, 6) is 1.49. The van der Waals surface area contributed by atoms with Crippen LogP contribution in [0.3, 0.4) is 0 Å². The summed E-state index contributed by atoms with van der Waals surface area (Å²) in [4.78, 5) is 13.4. The first-order chi connectivity index (χ1) is 14.7. The van der Waals surface area contributed by atoms with E-state index in [2.05, 4.69) is 46.9 Å². The molecule has 0 saturated heterocycles. The van der Waals surface area contributed by atoms with Crippen molar-refractivity contribution in [1.82, 2.24) is 9.97 Å². The zero-order valence-corrected chi connectivity index (χ0v) is 16.4. The Labute approximate surface area is 174 Å². The number of rotatable bonds is 2. The number of aryl methyl sites for hydroxylation is 1. The molecule has 0 saturated carbocycles. The molecule has 2 aromatic heterocycles. The fourth-order valence-electron chi connectivity index (χ4n) is 4.22. The molecule has 6 rings (SSSR count). The Hall–Kier alpha value is -3.86. The maximum atomic E-state index is 6.33. The van der Waals surface area contributed by atoms with Crippen molar-refractivity contribution in [3.8, 4) is 0 Å². The molecule has 0 bridgehead atoms. The van der Waals surface area contributed by atoms with E-state index < -0.39 is 0 Å². The third-order valence-corrected chi connectivity index (χ3v) is 5.56. The normalized spacial score (nSPS) is 14.1. The van der Waals surface area contributed by atoms with Crippen LogP contribution < -0.4 is 9.80 Å². The van der Waals surface area contributed by atoms with Crippen LogP contribution in [0.2, 0.25) is 0 Å². The monoisotopic (exact) mass is 390 g/mol. The smallest absolute Gasteiger partial charge is 0.179 e. The maximum Gasteiger partial charge on any atom is 0.179 e. The van der Waals surface area contributed by atoms with Gasteiger partial charge in [-0.15, -0.1) is 0 Å². The van der Waals surface area contributed by atoms with Gasteiger partial charge in [0, 0.05) is 28.9 Å². The standard InChI is InChI=1S/C25H18N4O/c1-16-12-13-20-19-10-6-7-11-21(19)30-23(20)22(16)29-17(2)28(18-8-4-3-5-9-18)24-25(29)27-15-14-26-24/h3-15H,2H2,1H3. The second-order valence-corrected chi connectivity index (χ2v) is 7.33. The summed E-state index contributed by atoms with van der Waals surface area (Å²) in [6.45, 7) is 6.50. The molecule has 2 radical (unpaired) electrons. The quantitative estimate of drug-likeness (QED) is 0.354. The highest BCUT2D eigenvalue weighted by Crippen LogP contribution is 2.51. The topological polar surface area (TPSA) is 45.4 Å². The van der Waals surface area contributed by atoms with Crippen LogP contribution >= 0.6 is 0 Å². The fourth-order valence-corrected chi connectivity index (χ4v) is 4.22. The predicted octanol–water partition coefficient (Wildman–Crippen LogP) is 6.30. The first-order valence-electron chi connectivity index (χ1n) is 9.80. The van der Waals surface area contributed by atoms with Crippen molar-refractivity contribution in [3.05, 3.63) is 97.8 Å². The highest BCUT2D eigenvalue weighted by Gasteiger charge is 2.40. The summed E-state index contributed by atoms with van der Waals surface area (Å²) in [7, 11) is 0. The van der Waals surface area contributed by atoms with Gasteiger partial charge in [0.15, 0.2) is 23.4 Å². The van der Waals surface area contributed by atoms with Crippen LogP contribution in [-0.4, -0.2) is 9.97 Å². The van der Waals surface area contributed by atoms with Gasteiger partial charge in [-0.2, -0.15) is 0 Å². The molecule has 5 heteroatoms. The molecule has 3 heterocycles. The lowest BCUT2D eigenvalue weighted by molar-refractivity contribution is 0.667. The van der Waals surface area contributed by atoms with Crippen LogP contribution in [0.5, 0.6) is 0 Å². The van der Waals surface area contributed by atoms with Gasteiger partial charge in [-0.1, -0.05) is 48.5 Å². The van der Waals surface area contributed by atoms with Gasteiger partial charge in [0.05, 0.1) is 5.69 Å². The average Bonchev–Trinajstić information content (AvgIpc) is 3.29. The Kier molecular flexibility index (Phi) is 3.59. The van der Waals surface area contributed by atoms with Crippen molar-refractivity contribution >= 4 is 44.9 Å². The molecule has 1 aliphatic rings. The second-order valence-electron chi connectivity index (χ2n) is 7.33. The Bertz CT molecular complexity index is 1390. The minimum absolute atomic E-state index is 0.738. The van der Waals surface area contributed by atoms with Crippen molar-refractivity contribution in [3.63, 3.8) is 0 Å². The van der Waals surface area contributed by atoms with E-state index in [1.54, 1.807) is 12.4 Å². The van der Waals surface area contributed by atoms with Gasteiger partial charge in [-0.3, -0.25) is 9.80 Å². The molecular formula is C25H18N4O. The average molecular weight is 390 g/mol. The van der Waals surface area contributed by atoms with Gasteiger partial charge in [0.2, 0.25) is 0 Å². The molecule has 3 aromatic carbocycles. The van der Waals surface area contributed by atoms with Crippen LogP contribution in [0.1, 0.15) is 5.56 Å². The van der Waals surface area contributed by atoms with Crippen LogP contribution in [-0.2, 0) is 0 Å². The van der Waals surface area contributed by atoms with Gasteiger partial charge >= 0.3 is 0 Å². The van der Waals surface area contributed by atoms with Crippen molar-refractivity contribution in [2.24, 2.45) is 0 Å². The summed E-state index contributed by atoms with van der Waals surface area (Å²) >= 11 is 0. The van der Waals surface area contributed by atoms with E-state index in [0.29, 0.717) is 0 Å². The lowest BCUT2D eigenvalue weighted by Crippen LogP contribution is -2.28. The van der Waals surface area contributed by atoms with E-state index >= 15 is 0 Å². The van der Waals surface area contributed by atoms with Crippen molar-refractivity contribution in [2.45, 2.75) is 6.92 Å². The molecule has 0 aliphatic carbocycles. The Morgan fingerprint density at radius 3 is 2.27 bits per heavy atom. The third kappa shape index (κ3) is 2.29. The molecule has 5 aromatic rings. The number of para-hydroxylation sites is 2. The van der Waals surface area contributed by atoms with E-state index in [-0.39, 0.29) is 0 Å². The highest BCUT2D eigenvalue weighted by atomic mass is 16.3. The fraction of sp³-hybridized carbons (Fsp3) is 0.0400. The second kappa shape index (κ2) is 6.32. The van der Waals surface area contributed by atoms with Crippen molar-refractivity contribution in [2.75, 3.05) is 9.80 Å². The number of furan rings is 1. The van der Waals surface area contributed by atoms with E-state index in [1.807, 2.05) is 53.4 Å². The number of aromatic nitrogens is 2. The summed E-state index contributed by atoms with van der Waals surface area (Å²) in [6, 6.07) is 22.4. The molecule has 30 heavy (non-hydrogen) atoms. The van der Waals surface area contributed by atoms with E-state index in [4.69, 9.17) is 4.42 Å².